The molecule has 0 fully saturated rings. The van der Waals surface area contributed by atoms with Gasteiger partial charge in [0, 0.05) is 24.3 Å². The van der Waals surface area contributed by atoms with Gasteiger partial charge in [0.1, 0.15) is 11.3 Å². The van der Waals surface area contributed by atoms with Crippen molar-refractivity contribution in [2.75, 3.05) is 7.05 Å². The van der Waals surface area contributed by atoms with Crippen molar-refractivity contribution in [2.45, 2.75) is 13.5 Å². The molecule has 0 aromatic carbocycles. The second-order valence-electron chi connectivity index (χ2n) is 4.78. The number of aryl methyl sites for hydroxylation is 1. The molecule has 5 heteroatoms. The van der Waals surface area contributed by atoms with Crippen LogP contribution in [0.15, 0.2) is 42.0 Å². The van der Waals surface area contributed by atoms with Gasteiger partial charge in [0.15, 0.2) is 0 Å². The number of rotatable bonds is 3. The third kappa shape index (κ3) is 2.32. The van der Waals surface area contributed by atoms with E-state index in [0.29, 0.717) is 12.2 Å². The average Bonchev–Trinajstić information content (AvgIpc) is 3.04. The first-order chi connectivity index (χ1) is 9.65. The smallest absolute Gasteiger partial charge is 0.274 e. The van der Waals surface area contributed by atoms with E-state index in [1.54, 1.807) is 22.4 Å². The fourth-order valence-electron chi connectivity index (χ4n) is 2.09. The minimum atomic E-state index is -0.0542. The number of hydrogen-bond donors (Lipinski definition) is 0. The van der Waals surface area contributed by atoms with Gasteiger partial charge in [0.2, 0.25) is 0 Å². The molecule has 0 unspecified atom stereocenters. The van der Waals surface area contributed by atoms with Crippen LogP contribution in [0, 0.1) is 6.92 Å². The lowest BCUT2D eigenvalue weighted by atomic mass is 10.3. The van der Waals surface area contributed by atoms with Crippen LogP contribution < -0.4 is 0 Å². The summed E-state index contributed by atoms with van der Waals surface area (Å²) in [4.78, 5) is 19.7. The van der Waals surface area contributed by atoms with E-state index >= 15 is 0 Å². The second-order valence-corrected chi connectivity index (χ2v) is 5.78. The zero-order valence-corrected chi connectivity index (χ0v) is 12.2. The molecule has 3 heterocycles. The highest BCUT2D eigenvalue weighted by Crippen LogP contribution is 2.18. The first kappa shape index (κ1) is 12.9. The molecule has 0 radical (unpaired) electrons. The highest BCUT2D eigenvalue weighted by Gasteiger charge is 2.16. The van der Waals surface area contributed by atoms with Crippen molar-refractivity contribution in [3.8, 4) is 0 Å². The molecule has 0 atom stereocenters. The Balaban J connectivity index is 1.82. The molecule has 1 amide bonds. The van der Waals surface area contributed by atoms with Crippen LogP contribution >= 0.6 is 11.3 Å². The Bertz CT molecular complexity index is 726. The van der Waals surface area contributed by atoms with Crippen molar-refractivity contribution in [1.29, 1.82) is 0 Å². The van der Waals surface area contributed by atoms with Crippen molar-refractivity contribution in [1.82, 2.24) is 14.3 Å². The van der Waals surface area contributed by atoms with Crippen molar-refractivity contribution < 1.29 is 4.79 Å². The van der Waals surface area contributed by atoms with E-state index in [-0.39, 0.29) is 5.91 Å². The van der Waals surface area contributed by atoms with E-state index in [1.165, 1.54) is 10.4 Å². The molecule has 3 aromatic heterocycles. The second kappa shape index (κ2) is 5.09. The Morgan fingerprint density at radius 1 is 1.40 bits per heavy atom. The summed E-state index contributed by atoms with van der Waals surface area (Å²) in [6.07, 6.45) is 3.66. The highest BCUT2D eigenvalue weighted by atomic mass is 32.1. The highest BCUT2D eigenvalue weighted by molar-refractivity contribution is 7.10. The number of imidazole rings is 1. The molecule has 0 aliphatic carbocycles. The minimum absolute atomic E-state index is 0.0542. The first-order valence-electron chi connectivity index (χ1n) is 6.37. The van der Waals surface area contributed by atoms with E-state index in [4.69, 9.17) is 0 Å². The molecule has 0 bridgehead atoms. The van der Waals surface area contributed by atoms with Crippen molar-refractivity contribution in [3.05, 3.63) is 58.2 Å². The standard InChI is InChI=1S/C15H15N3OS/c1-11-6-8-20-13(11)10-17(2)15(19)12-9-18-7-4-3-5-14(18)16-12/h3-9H,10H2,1-2H3. The molecular weight excluding hydrogens is 270 g/mol. The lowest BCUT2D eigenvalue weighted by molar-refractivity contribution is 0.0781. The number of carbonyl (C=O) groups is 1. The molecule has 0 spiro atoms. The monoisotopic (exact) mass is 285 g/mol. The van der Waals surface area contributed by atoms with Gasteiger partial charge in [-0.25, -0.2) is 4.98 Å². The first-order valence-corrected chi connectivity index (χ1v) is 7.25. The van der Waals surface area contributed by atoms with E-state index < -0.39 is 0 Å². The van der Waals surface area contributed by atoms with E-state index in [1.807, 2.05) is 41.2 Å². The van der Waals surface area contributed by atoms with Crippen LogP contribution in [-0.4, -0.2) is 27.2 Å². The Kier molecular flexibility index (Phi) is 3.28. The summed E-state index contributed by atoms with van der Waals surface area (Å²) >= 11 is 1.68. The Morgan fingerprint density at radius 3 is 2.95 bits per heavy atom. The van der Waals surface area contributed by atoms with Crippen LogP contribution in [0.2, 0.25) is 0 Å². The summed E-state index contributed by atoms with van der Waals surface area (Å²) in [5, 5.41) is 2.05. The summed E-state index contributed by atoms with van der Waals surface area (Å²) < 4.78 is 1.86. The maximum atomic E-state index is 12.4. The van der Waals surface area contributed by atoms with Gasteiger partial charge in [0.25, 0.3) is 5.91 Å². The zero-order chi connectivity index (χ0) is 14.1. The summed E-state index contributed by atoms with van der Waals surface area (Å²) in [5.74, 6) is -0.0542. The number of nitrogens with zero attached hydrogens (tertiary/aromatic N) is 3. The minimum Gasteiger partial charge on any atom is -0.335 e. The zero-order valence-electron chi connectivity index (χ0n) is 11.4. The summed E-state index contributed by atoms with van der Waals surface area (Å²) in [7, 11) is 1.81. The van der Waals surface area contributed by atoms with Crippen LogP contribution in [-0.2, 0) is 6.54 Å². The predicted octanol–water partition coefficient (Wildman–Crippen LogP) is 2.98. The number of thiophene rings is 1. The van der Waals surface area contributed by atoms with Gasteiger partial charge < -0.3 is 9.30 Å². The maximum Gasteiger partial charge on any atom is 0.274 e. The van der Waals surface area contributed by atoms with Gasteiger partial charge >= 0.3 is 0 Å². The summed E-state index contributed by atoms with van der Waals surface area (Å²) in [6.45, 7) is 2.69. The maximum absolute atomic E-state index is 12.4. The third-order valence-corrected chi connectivity index (χ3v) is 4.29. The van der Waals surface area contributed by atoms with E-state index in [2.05, 4.69) is 18.0 Å². The molecule has 0 aliphatic heterocycles. The summed E-state index contributed by atoms with van der Waals surface area (Å²) in [6, 6.07) is 7.79. The average molecular weight is 285 g/mol. The third-order valence-electron chi connectivity index (χ3n) is 3.28. The number of amides is 1. The molecule has 0 saturated heterocycles. The fraction of sp³-hybridized carbons (Fsp3) is 0.200. The van der Waals surface area contributed by atoms with Gasteiger partial charge in [-0.2, -0.15) is 0 Å². The molecule has 20 heavy (non-hydrogen) atoms. The van der Waals surface area contributed by atoms with Gasteiger partial charge in [-0.15, -0.1) is 11.3 Å². The molecule has 102 valence electrons. The molecule has 3 aromatic rings. The van der Waals surface area contributed by atoms with Crippen molar-refractivity contribution in [3.63, 3.8) is 0 Å². The summed E-state index contributed by atoms with van der Waals surface area (Å²) in [5.41, 5.74) is 2.49. The van der Waals surface area contributed by atoms with Crippen molar-refractivity contribution >= 4 is 22.9 Å². The van der Waals surface area contributed by atoms with Gasteiger partial charge in [-0.1, -0.05) is 6.07 Å². The number of aromatic nitrogens is 2. The van der Waals surface area contributed by atoms with E-state index in [9.17, 15) is 4.79 Å². The SMILES string of the molecule is Cc1ccsc1CN(C)C(=O)c1cn2ccccc2n1. The van der Waals surface area contributed by atoms with Crippen LogP contribution in [0.3, 0.4) is 0 Å². The van der Waals surface area contributed by atoms with Crippen LogP contribution in [0.5, 0.6) is 0 Å². The predicted molar refractivity (Wildman–Crippen MR) is 80.0 cm³/mol. The number of carbonyl (C=O) groups excluding carboxylic acids is 1. The Hall–Kier alpha value is -2.14. The lowest BCUT2D eigenvalue weighted by Gasteiger charge is -2.15. The molecule has 0 aliphatic rings. The van der Waals surface area contributed by atoms with Gasteiger partial charge in [-0.05, 0) is 36.1 Å². The number of fused-ring (bicyclic) bond motifs is 1. The normalized spacial score (nSPS) is 10.9. The van der Waals surface area contributed by atoms with E-state index in [0.717, 1.165) is 5.65 Å². The number of hydrogen-bond acceptors (Lipinski definition) is 3. The topological polar surface area (TPSA) is 37.6 Å². The number of pyridine rings is 1. The van der Waals surface area contributed by atoms with Crippen LogP contribution in [0.4, 0.5) is 0 Å². The Morgan fingerprint density at radius 2 is 2.25 bits per heavy atom. The Labute approximate surface area is 121 Å². The van der Waals surface area contributed by atoms with Crippen LogP contribution in [0.1, 0.15) is 20.9 Å². The molecule has 3 rings (SSSR count). The lowest BCUT2D eigenvalue weighted by Crippen LogP contribution is -2.26. The molecule has 0 N–H and O–H groups in total. The molecular formula is C15H15N3OS. The van der Waals surface area contributed by atoms with Crippen molar-refractivity contribution in [2.24, 2.45) is 0 Å². The fourth-order valence-corrected chi connectivity index (χ4v) is 3.05. The van der Waals surface area contributed by atoms with Gasteiger partial charge in [0.05, 0.1) is 6.54 Å². The quantitative estimate of drug-likeness (QED) is 0.742. The van der Waals surface area contributed by atoms with Gasteiger partial charge in [-0.3, -0.25) is 4.79 Å². The molecule has 0 saturated carbocycles. The molecule has 4 nitrogen and oxygen atoms in total. The van der Waals surface area contributed by atoms with Crippen LogP contribution in [0.25, 0.3) is 5.65 Å². The largest absolute Gasteiger partial charge is 0.335 e.